The number of hydrogen-bond acceptors (Lipinski definition) is 0. The molecule has 13 heavy (non-hydrogen) atoms. The fourth-order valence-corrected chi connectivity index (χ4v) is 3.25. The molecule has 0 aromatic heterocycles. The highest BCUT2D eigenvalue weighted by atomic mass is 79.9. The molecule has 0 saturated heterocycles. The Labute approximate surface area is 92.4 Å². The third kappa shape index (κ3) is 1.92. The summed E-state index contributed by atoms with van der Waals surface area (Å²) in [6.07, 6.45) is 5.29. The molecule has 0 N–H and O–H groups in total. The maximum Gasteiger partial charge on any atom is 0.0452 e. The first-order valence-corrected chi connectivity index (χ1v) is 5.90. The van der Waals surface area contributed by atoms with Crippen molar-refractivity contribution in [1.29, 1.82) is 0 Å². The first-order valence-electron chi connectivity index (χ1n) is 4.73. The largest absolute Gasteiger partial charge is 0.0840 e. The highest BCUT2D eigenvalue weighted by molar-refractivity contribution is 9.10. The van der Waals surface area contributed by atoms with E-state index >= 15 is 0 Å². The van der Waals surface area contributed by atoms with Gasteiger partial charge in [0.05, 0.1) is 0 Å². The molecule has 1 aliphatic carbocycles. The molecule has 0 bridgehead atoms. The minimum atomic E-state index is 0.683. The molecule has 1 fully saturated rings. The van der Waals surface area contributed by atoms with Crippen LogP contribution in [-0.2, 0) is 0 Å². The number of rotatable bonds is 1. The lowest BCUT2D eigenvalue weighted by molar-refractivity contribution is 0.720. The van der Waals surface area contributed by atoms with E-state index in [1.807, 2.05) is 12.1 Å². The summed E-state index contributed by atoms with van der Waals surface area (Å²) in [5, 5.41) is 0.918. The normalized spacial score (nSPS) is 18.0. The summed E-state index contributed by atoms with van der Waals surface area (Å²) in [4.78, 5) is 0. The van der Waals surface area contributed by atoms with Gasteiger partial charge in [0, 0.05) is 9.50 Å². The molecule has 1 aliphatic rings. The lowest BCUT2D eigenvalue weighted by Gasteiger charge is -2.13. The Morgan fingerprint density at radius 3 is 2.54 bits per heavy atom. The lowest BCUT2D eigenvalue weighted by atomic mass is 9.98. The maximum atomic E-state index is 6.18. The Morgan fingerprint density at radius 1 is 1.23 bits per heavy atom. The quantitative estimate of drug-likeness (QED) is 0.682. The van der Waals surface area contributed by atoms with Gasteiger partial charge >= 0.3 is 0 Å². The maximum absolute atomic E-state index is 6.18. The van der Waals surface area contributed by atoms with Crippen LogP contribution in [0.2, 0.25) is 5.02 Å². The van der Waals surface area contributed by atoms with Crippen molar-refractivity contribution in [3.05, 3.63) is 33.3 Å². The zero-order valence-electron chi connectivity index (χ0n) is 7.39. The predicted molar refractivity (Wildman–Crippen MR) is 60.4 cm³/mol. The van der Waals surface area contributed by atoms with Gasteiger partial charge in [-0.3, -0.25) is 0 Å². The molecule has 0 radical (unpaired) electrons. The molecule has 1 aromatic rings. The second-order valence-corrected chi connectivity index (χ2v) is 4.88. The average Bonchev–Trinajstić information content (AvgIpc) is 2.57. The summed E-state index contributed by atoms with van der Waals surface area (Å²) < 4.78 is 1.17. The van der Waals surface area contributed by atoms with Gasteiger partial charge in [0.1, 0.15) is 0 Å². The van der Waals surface area contributed by atoms with E-state index in [1.165, 1.54) is 35.7 Å². The van der Waals surface area contributed by atoms with E-state index in [-0.39, 0.29) is 0 Å². The van der Waals surface area contributed by atoms with Gasteiger partial charge in [0.2, 0.25) is 0 Å². The minimum absolute atomic E-state index is 0.683. The van der Waals surface area contributed by atoms with Crippen molar-refractivity contribution in [3.8, 4) is 0 Å². The fourth-order valence-electron chi connectivity index (χ4n) is 2.12. The molecule has 2 heteroatoms. The molecule has 0 amide bonds. The summed E-state index contributed by atoms with van der Waals surface area (Å²) in [5.74, 6) is 0.683. The summed E-state index contributed by atoms with van der Waals surface area (Å²) in [5.41, 5.74) is 1.32. The van der Waals surface area contributed by atoms with Gasteiger partial charge in [-0.25, -0.2) is 0 Å². The summed E-state index contributed by atoms with van der Waals surface area (Å²) in [7, 11) is 0. The SMILES string of the molecule is Clc1cccc(Br)c1C1CCCC1. The van der Waals surface area contributed by atoms with Crippen LogP contribution in [0.25, 0.3) is 0 Å². The molecular formula is C11H12BrCl. The standard InChI is InChI=1S/C11H12BrCl/c12-9-6-3-7-10(13)11(9)8-4-1-2-5-8/h3,6-8H,1-2,4-5H2. The van der Waals surface area contributed by atoms with Crippen LogP contribution in [0, 0.1) is 0 Å². The number of benzene rings is 1. The van der Waals surface area contributed by atoms with Crippen molar-refractivity contribution in [2.24, 2.45) is 0 Å². The van der Waals surface area contributed by atoms with Crippen LogP contribution in [0.1, 0.15) is 37.2 Å². The van der Waals surface area contributed by atoms with Crippen molar-refractivity contribution >= 4 is 27.5 Å². The van der Waals surface area contributed by atoms with Crippen LogP contribution in [0.15, 0.2) is 22.7 Å². The van der Waals surface area contributed by atoms with Crippen LogP contribution < -0.4 is 0 Å². The van der Waals surface area contributed by atoms with Gasteiger partial charge in [-0.1, -0.05) is 46.4 Å². The van der Waals surface area contributed by atoms with Gasteiger partial charge < -0.3 is 0 Å². The third-order valence-electron chi connectivity index (χ3n) is 2.76. The van der Waals surface area contributed by atoms with Crippen molar-refractivity contribution in [1.82, 2.24) is 0 Å². The minimum Gasteiger partial charge on any atom is -0.0840 e. The monoisotopic (exact) mass is 258 g/mol. The van der Waals surface area contributed by atoms with Gasteiger partial charge in [-0.2, -0.15) is 0 Å². The molecule has 0 aliphatic heterocycles. The van der Waals surface area contributed by atoms with E-state index in [1.54, 1.807) is 0 Å². The van der Waals surface area contributed by atoms with E-state index < -0.39 is 0 Å². The highest BCUT2D eigenvalue weighted by Crippen LogP contribution is 2.41. The molecular weight excluding hydrogens is 247 g/mol. The third-order valence-corrected chi connectivity index (χ3v) is 3.78. The van der Waals surface area contributed by atoms with Gasteiger partial charge in [0.25, 0.3) is 0 Å². The van der Waals surface area contributed by atoms with Crippen LogP contribution >= 0.6 is 27.5 Å². The Hall–Kier alpha value is -0.0100. The number of halogens is 2. The fraction of sp³-hybridized carbons (Fsp3) is 0.455. The van der Waals surface area contributed by atoms with E-state index in [0.29, 0.717) is 5.92 Å². The van der Waals surface area contributed by atoms with Crippen LogP contribution in [0.4, 0.5) is 0 Å². The zero-order valence-corrected chi connectivity index (χ0v) is 9.74. The topological polar surface area (TPSA) is 0 Å². The highest BCUT2D eigenvalue weighted by Gasteiger charge is 2.21. The second-order valence-electron chi connectivity index (χ2n) is 3.62. The van der Waals surface area contributed by atoms with E-state index in [4.69, 9.17) is 11.6 Å². The number of hydrogen-bond donors (Lipinski definition) is 0. The molecule has 1 aromatic carbocycles. The Kier molecular flexibility index (Phi) is 2.95. The van der Waals surface area contributed by atoms with Gasteiger partial charge in [-0.15, -0.1) is 0 Å². The lowest BCUT2D eigenvalue weighted by Crippen LogP contribution is -1.94. The Balaban J connectivity index is 2.37. The first kappa shape index (κ1) is 9.54. The van der Waals surface area contributed by atoms with Crippen molar-refractivity contribution in [2.75, 3.05) is 0 Å². The smallest absolute Gasteiger partial charge is 0.0452 e. The van der Waals surface area contributed by atoms with E-state index in [0.717, 1.165) is 5.02 Å². The first-order chi connectivity index (χ1) is 6.29. The Morgan fingerprint density at radius 2 is 1.92 bits per heavy atom. The average molecular weight is 260 g/mol. The van der Waals surface area contributed by atoms with Gasteiger partial charge in [-0.05, 0) is 36.5 Å². The van der Waals surface area contributed by atoms with Crippen LogP contribution in [-0.4, -0.2) is 0 Å². The van der Waals surface area contributed by atoms with Crippen LogP contribution in [0.5, 0.6) is 0 Å². The molecule has 0 spiro atoms. The molecule has 0 nitrogen and oxygen atoms in total. The Bertz CT molecular complexity index is 283. The molecule has 70 valence electrons. The molecule has 0 heterocycles. The van der Waals surface area contributed by atoms with Crippen LogP contribution in [0.3, 0.4) is 0 Å². The van der Waals surface area contributed by atoms with E-state index in [9.17, 15) is 0 Å². The summed E-state index contributed by atoms with van der Waals surface area (Å²) >= 11 is 9.75. The summed E-state index contributed by atoms with van der Waals surface area (Å²) in [6, 6.07) is 6.06. The predicted octanol–water partition coefficient (Wildman–Crippen LogP) is 4.76. The molecule has 0 atom stereocenters. The van der Waals surface area contributed by atoms with Crippen molar-refractivity contribution < 1.29 is 0 Å². The van der Waals surface area contributed by atoms with Crippen molar-refractivity contribution in [2.45, 2.75) is 31.6 Å². The second kappa shape index (κ2) is 4.02. The molecule has 2 rings (SSSR count). The molecule has 0 unspecified atom stereocenters. The van der Waals surface area contributed by atoms with Gasteiger partial charge in [0.15, 0.2) is 0 Å². The zero-order chi connectivity index (χ0) is 9.26. The van der Waals surface area contributed by atoms with E-state index in [2.05, 4.69) is 22.0 Å². The van der Waals surface area contributed by atoms with Crippen molar-refractivity contribution in [3.63, 3.8) is 0 Å². The molecule has 1 saturated carbocycles. The summed E-state index contributed by atoms with van der Waals surface area (Å²) in [6.45, 7) is 0.